The summed E-state index contributed by atoms with van der Waals surface area (Å²) >= 11 is 9.46. The monoisotopic (exact) mass is 326 g/mol. The summed E-state index contributed by atoms with van der Waals surface area (Å²) in [7, 11) is 0. The first kappa shape index (κ1) is 12.1. The average molecular weight is 328 g/mol. The predicted octanol–water partition coefficient (Wildman–Crippen LogP) is 4.26. The van der Waals surface area contributed by atoms with Crippen LogP contribution in [-0.4, -0.2) is 11.0 Å². The fourth-order valence-electron chi connectivity index (χ4n) is 1.95. The van der Waals surface area contributed by atoms with E-state index in [1.807, 2.05) is 18.2 Å². The van der Waals surface area contributed by atoms with Crippen LogP contribution in [0, 0.1) is 0 Å². The van der Waals surface area contributed by atoms with Crippen molar-refractivity contribution in [3.05, 3.63) is 45.9 Å². The highest BCUT2D eigenvalue weighted by atomic mass is 79.9. The van der Waals surface area contributed by atoms with Crippen LogP contribution in [0.15, 0.2) is 39.5 Å². The van der Waals surface area contributed by atoms with Crippen molar-refractivity contribution < 1.29 is 4.42 Å². The van der Waals surface area contributed by atoms with E-state index in [9.17, 15) is 0 Å². The first-order valence-electron chi connectivity index (χ1n) is 5.84. The van der Waals surface area contributed by atoms with Crippen molar-refractivity contribution in [3.8, 4) is 0 Å². The maximum atomic E-state index is 5.93. The minimum atomic E-state index is 0.556. The molecule has 3 rings (SSSR count). The van der Waals surface area contributed by atoms with Gasteiger partial charge in [0, 0.05) is 12.2 Å². The number of halogens is 2. The Labute approximate surface area is 119 Å². The Bertz CT molecular complexity index is 540. The molecule has 0 aliphatic heterocycles. The lowest BCUT2D eigenvalue weighted by Crippen LogP contribution is -2.26. The van der Waals surface area contributed by atoms with Gasteiger partial charge in [-0.15, -0.1) is 0 Å². The van der Waals surface area contributed by atoms with Gasteiger partial charge in [-0.05, 0) is 47.0 Å². The number of hydrogen-bond donors (Lipinski definition) is 0. The molecule has 2 heterocycles. The van der Waals surface area contributed by atoms with E-state index in [1.54, 1.807) is 12.5 Å². The second-order valence-electron chi connectivity index (χ2n) is 4.40. The van der Waals surface area contributed by atoms with Gasteiger partial charge in [0.1, 0.15) is 11.6 Å². The Kier molecular flexibility index (Phi) is 3.31. The van der Waals surface area contributed by atoms with Gasteiger partial charge in [-0.25, -0.2) is 4.98 Å². The standard InChI is InChI=1S/C13H12BrClN2O/c14-12-6-9(15)7-16-13(12)17(10-3-4-10)8-11-2-1-5-18-11/h1-2,5-7,10H,3-4,8H2. The van der Waals surface area contributed by atoms with Crippen molar-refractivity contribution in [1.82, 2.24) is 4.98 Å². The van der Waals surface area contributed by atoms with Crippen LogP contribution in [0.25, 0.3) is 0 Å². The second kappa shape index (κ2) is 4.94. The van der Waals surface area contributed by atoms with Crippen molar-refractivity contribution in [3.63, 3.8) is 0 Å². The lowest BCUT2D eigenvalue weighted by atomic mass is 10.3. The van der Waals surface area contributed by atoms with Crippen LogP contribution >= 0.6 is 27.5 Å². The number of hydrogen-bond acceptors (Lipinski definition) is 3. The summed E-state index contributed by atoms with van der Waals surface area (Å²) in [6.07, 6.45) is 5.79. The third kappa shape index (κ3) is 2.54. The Morgan fingerprint density at radius 3 is 2.94 bits per heavy atom. The fourth-order valence-corrected chi connectivity index (χ4v) is 2.82. The summed E-state index contributed by atoms with van der Waals surface area (Å²) in [5.41, 5.74) is 0. The molecule has 0 radical (unpaired) electrons. The zero-order valence-electron chi connectivity index (χ0n) is 9.64. The molecule has 18 heavy (non-hydrogen) atoms. The Balaban J connectivity index is 1.89. The summed E-state index contributed by atoms with van der Waals surface area (Å²) < 4.78 is 6.34. The van der Waals surface area contributed by atoms with Crippen LogP contribution in [0.1, 0.15) is 18.6 Å². The third-order valence-electron chi connectivity index (χ3n) is 2.95. The van der Waals surface area contributed by atoms with Gasteiger partial charge in [0.15, 0.2) is 0 Å². The summed E-state index contributed by atoms with van der Waals surface area (Å²) in [6.45, 7) is 0.741. The van der Waals surface area contributed by atoms with E-state index in [2.05, 4.69) is 25.8 Å². The molecule has 5 heteroatoms. The first-order valence-corrected chi connectivity index (χ1v) is 7.01. The van der Waals surface area contributed by atoms with Crippen LogP contribution in [0.5, 0.6) is 0 Å². The summed E-state index contributed by atoms with van der Waals surface area (Å²) in [5.74, 6) is 1.88. The number of furan rings is 1. The number of rotatable bonds is 4. The van der Waals surface area contributed by atoms with Gasteiger partial charge in [0.2, 0.25) is 0 Å². The molecule has 1 aliphatic rings. The van der Waals surface area contributed by atoms with Crippen LogP contribution < -0.4 is 4.90 Å². The molecule has 2 aromatic rings. The molecule has 0 atom stereocenters. The maximum absolute atomic E-state index is 5.93. The van der Waals surface area contributed by atoms with Crippen molar-refractivity contribution >= 4 is 33.3 Å². The zero-order chi connectivity index (χ0) is 12.5. The van der Waals surface area contributed by atoms with Gasteiger partial charge in [-0.1, -0.05) is 11.6 Å². The topological polar surface area (TPSA) is 29.3 Å². The minimum Gasteiger partial charge on any atom is -0.467 e. The van der Waals surface area contributed by atoms with Crippen LogP contribution in [0.2, 0.25) is 5.02 Å². The SMILES string of the molecule is Clc1cnc(N(Cc2ccco2)C2CC2)c(Br)c1. The van der Waals surface area contributed by atoms with Crippen molar-refractivity contribution in [2.75, 3.05) is 4.90 Å². The van der Waals surface area contributed by atoms with Gasteiger partial charge in [-0.2, -0.15) is 0 Å². The molecule has 0 bridgehead atoms. The molecule has 1 fully saturated rings. The molecule has 0 spiro atoms. The van der Waals surface area contributed by atoms with Gasteiger partial charge in [0.05, 0.1) is 22.3 Å². The van der Waals surface area contributed by atoms with Gasteiger partial charge in [0.25, 0.3) is 0 Å². The number of pyridine rings is 1. The summed E-state index contributed by atoms with van der Waals surface area (Å²) in [5, 5.41) is 0.638. The molecule has 0 unspecified atom stereocenters. The number of anilines is 1. The van der Waals surface area contributed by atoms with E-state index in [0.29, 0.717) is 11.1 Å². The molecule has 0 amide bonds. The van der Waals surface area contributed by atoms with Gasteiger partial charge >= 0.3 is 0 Å². The van der Waals surface area contributed by atoms with Crippen LogP contribution in [0.4, 0.5) is 5.82 Å². The second-order valence-corrected chi connectivity index (χ2v) is 5.69. The first-order chi connectivity index (χ1) is 8.74. The van der Waals surface area contributed by atoms with Crippen molar-refractivity contribution in [2.45, 2.75) is 25.4 Å². The summed E-state index contributed by atoms with van der Waals surface area (Å²) in [6, 6.07) is 6.32. The molecule has 1 aliphatic carbocycles. The lowest BCUT2D eigenvalue weighted by molar-refractivity contribution is 0.500. The maximum Gasteiger partial charge on any atom is 0.143 e. The molecular weight excluding hydrogens is 316 g/mol. The van der Waals surface area contributed by atoms with E-state index in [0.717, 1.165) is 22.6 Å². The molecule has 2 aromatic heterocycles. The fraction of sp³-hybridized carbons (Fsp3) is 0.308. The molecule has 0 saturated heterocycles. The van der Waals surface area contributed by atoms with E-state index < -0.39 is 0 Å². The minimum absolute atomic E-state index is 0.556. The number of aromatic nitrogens is 1. The molecule has 1 saturated carbocycles. The highest BCUT2D eigenvalue weighted by Crippen LogP contribution is 2.36. The third-order valence-corrected chi connectivity index (χ3v) is 3.74. The number of nitrogens with zero attached hydrogens (tertiary/aromatic N) is 2. The van der Waals surface area contributed by atoms with Crippen LogP contribution in [-0.2, 0) is 6.54 Å². The molecule has 0 N–H and O–H groups in total. The zero-order valence-corrected chi connectivity index (χ0v) is 12.0. The Hall–Kier alpha value is -1.00. The molecule has 0 aromatic carbocycles. The van der Waals surface area contributed by atoms with E-state index >= 15 is 0 Å². The molecular formula is C13H12BrClN2O. The average Bonchev–Trinajstić information content (AvgIpc) is 3.05. The molecule has 94 valence electrons. The van der Waals surface area contributed by atoms with E-state index in [-0.39, 0.29) is 0 Å². The van der Waals surface area contributed by atoms with Gasteiger partial charge < -0.3 is 9.32 Å². The quantitative estimate of drug-likeness (QED) is 0.840. The normalized spacial score (nSPS) is 14.8. The van der Waals surface area contributed by atoms with Crippen molar-refractivity contribution in [1.29, 1.82) is 0 Å². The summed E-state index contributed by atoms with van der Waals surface area (Å²) in [4.78, 5) is 6.69. The molecule has 3 nitrogen and oxygen atoms in total. The smallest absolute Gasteiger partial charge is 0.143 e. The van der Waals surface area contributed by atoms with Crippen molar-refractivity contribution in [2.24, 2.45) is 0 Å². The van der Waals surface area contributed by atoms with E-state index in [1.165, 1.54) is 12.8 Å². The predicted molar refractivity (Wildman–Crippen MR) is 74.9 cm³/mol. The Morgan fingerprint density at radius 1 is 1.50 bits per heavy atom. The largest absolute Gasteiger partial charge is 0.467 e. The highest BCUT2D eigenvalue weighted by molar-refractivity contribution is 9.10. The highest BCUT2D eigenvalue weighted by Gasteiger charge is 2.31. The lowest BCUT2D eigenvalue weighted by Gasteiger charge is -2.23. The van der Waals surface area contributed by atoms with Gasteiger partial charge in [-0.3, -0.25) is 0 Å². The van der Waals surface area contributed by atoms with Crippen LogP contribution in [0.3, 0.4) is 0 Å². The Morgan fingerprint density at radius 2 is 2.33 bits per heavy atom. The van der Waals surface area contributed by atoms with E-state index in [4.69, 9.17) is 16.0 Å².